The predicted molar refractivity (Wildman–Crippen MR) is 79.7 cm³/mol. The van der Waals surface area contributed by atoms with Crippen LogP contribution in [-0.2, 0) is 13.2 Å². The van der Waals surface area contributed by atoms with Gasteiger partial charge >= 0.3 is 0 Å². The molecule has 0 bridgehead atoms. The highest BCUT2D eigenvalue weighted by Crippen LogP contribution is 2.24. The Hall–Kier alpha value is -2.24. The first-order valence-corrected chi connectivity index (χ1v) is 6.84. The summed E-state index contributed by atoms with van der Waals surface area (Å²) < 4.78 is 1.73. The summed E-state index contributed by atoms with van der Waals surface area (Å²) in [6.45, 7) is 0.309. The SMILES string of the molecule is OCc1nnn(Cc2ccccc2Cl)c1-c1cccnc1. The van der Waals surface area contributed by atoms with Crippen LogP contribution < -0.4 is 0 Å². The summed E-state index contributed by atoms with van der Waals surface area (Å²) in [6.07, 6.45) is 3.42. The van der Waals surface area contributed by atoms with E-state index in [4.69, 9.17) is 11.6 Å². The number of hydrogen-bond acceptors (Lipinski definition) is 4. The molecule has 21 heavy (non-hydrogen) atoms. The predicted octanol–water partition coefficient (Wildman–Crippen LogP) is 2.53. The zero-order chi connectivity index (χ0) is 14.7. The number of nitrogens with zero attached hydrogens (tertiary/aromatic N) is 4. The molecule has 0 atom stereocenters. The Morgan fingerprint density at radius 2 is 2.00 bits per heavy atom. The van der Waals surface area contributed by atoms with E-state index in [1.54, 1.807) is 17.1 Å². The number of aliphatic hydroxyl groups excluding tert-OH is 1. The van der Waals surface area contributed by atoms with E-state index >= 15 is 0 Å². The summed E-state index contributed by atoms with van der Waals surface area (Å²) in [7, 11) is 0. The first-order valence-electron chi connectivity index (χ1n) is 6.46. The van der Waals surface area contributed by atoms with Crippen LogP contribution in [0.1, 0.15) is 11.3 Å². The lowest BCUT2D eigenvalue weighted by Gasteiger charge is -2.08. The van der Waals surface area contributed by atoms with Crippen molar-refractivity contribution in [1.29, 1.82) is 0 Å². The third kappa shape index (κ3) is 2.79. The van der Waals surface area contributed by atoms with Gasteiger partial charge < -0.3 is 5.11 Å². The van der Waals surface area contributed by atoms with Gasteiger partial charge in [-0.25, -0.2) is 4.68 Å². The van der Waals surface area contributed by atoms with Gasteiger partial charge in [-0.2, -0.15) is 0 Å². The Balaban J connectivity index is 2.04. The number of benzene rings is 1. The van der Waals surface area contributed by atoms with Crippen molar-refractivity contribution in [3.63, 3.8) is 0 Å². The highest BCUT2D eigenvalue weighted by Gasteiger charge is 2.15. The summed E-state index contributed by atoms with van der Waals surface area (Å²) in [4.78, 5) is 4.11. The smallest absolute Gasteiger partial charge is 0.116 e. The number of aromatic nitrogens is 4. The molecule has 0 fully saturated rings. The summed E-state index contributed by atoms with van der Waals surface area (Å²) >= 11 is 6.19. The molecule has 1 N–H and O–H groups in total. The van der Waals surface area contributed by atoms with Crippen molar-refractivity contribution < 1.29 is 5.11 Å². The van der Waals surface area contributed by atoms with Gasteiger partial charge in [0.25, 0.3) is 0 Å². The minimum absolute atomic E-state index is 0.174. The van der Waals surface area contributed by atoms with Gasteiger partial charge in [-0.05, 0) is 23.8 Å². The summed E-state index contributed by atoms with van der Waals surface area (Å²) in [5, 5.41) is 18.3. The fraction of sp³-hybridized carbons (Fsp3) is 0.133. The van der Waals surface area contributed by atoms with Crippen LogP contribution in [0, 0.1) is 0 Å². The van der Waals surface area contributed by atoms with Gasteiger partial charge in [-0.1, -0.05) is 35.0 Å². The maximum absolute atomic E-state index is 9.45. The molecule has 0 radical (unpaired) electrons. The molecule has 2 aromatic heterocycles. The molecule has 6 heteroatoms. The van der Waals surface area contributed by atoms with E-state index in [-0.39, 0.29) is 6.61 Å². The topological polar surface area (TPSA) is 63.8 Å². The average molecular weight is 301 g/mol. The Morgan fingerprint density at radius 3 is 2.71 bits per heavy atom. The molecular weight excluding hydrogens is 288 g/mol. The fourth-order valence-corrected chi connectivity index (χ4v) is 2.37. The van der Waals surface area contributed by atoms with Crippen molar-refractivity contribution in [2.24, 2.45) is 0 Å². The second-order valence-electron chi connectivity index (χ2n) is 4.53. The first kappa shape index (κ1) is 13.7. The Bertz CT molecular complexity index is 742. The van der Waals surface area contributed by atoms with Crippen LogP contribution in [0.5, 0.6) is 0 Å². The zero-order valence-corrected chi connectivity index (χ0v) is 11.9. The molecular formula is C15H13ClN4O. The average Bonchev–Trinajstić information content (AvgIpc) is 2.93. The number of halogens is 1. The second kappa shape index (κ2) is 6.03. The summed E-state index contributed by atoms with van der Waals surface area (Å²) in [6, 6.07) is 11.3. The lowest BCUT2D eigenvalue weighted by Crippen LogP contribution is -2.05. The Morgan fingerprint density at radius 1 is 1.14 bits per heavy atom. The van der Waals surface area contributed by atoms with Crippen molar-refractivity contribution in [1.82, 2.24) is 20.0 Å². The molecule has 3 aromatic rings. The van der Waals surface area contributed by atoms with E-state index in [0.717, 1.165) is 16.8 Å². The zero-order valence-electron chi connectivity index (χ0n) is 11.1. The van der Waals surface area contributed by atoms with E-state index in [1.807, 2.05) is 36.4 Å². The number of aliphatic hydroxyl groups is 1. The minimum atomic E-state index is -0.174. The molecule has 0 amide bonds. The fourth-order valence-electron chi connectivity index (χ4n) is 2.17. The van der Waals surface area contributed by atoms with E-state index < -0.39 is 0 Å². The molecule has 1 aromatic carbocycles. The standard InChI is InChI=1S/C15H13ClN4O/c16-13-6-2-1-4-12(13)9-20-15(14(10-21)18-19-20)11-5-3-7-17-8-11/h1-8,21H,9-10H2. The molecule has 0 spiro atoms. The van der Waals surface area contributed by atoms with Crippen molar-refractivity contribution >= 4 is 11.6 Å². The van der Waals surface area contributed by atoms with Crippen LogP contribution >= 0.6 is 11.6 Å². The normalized spacial score (nSPS) is 10.8. The van der Waals surface area contributed by atoms with Crippen LogP contribution in [-0.4, -0.2) is 25.1 Å². The van der Waals surface area contributed by atoms with E-state index in [1.165, 1.54) is 0 Å². The maximum Gasteiger partial charge on any atom is 0.116 e. The van der Waals surface area contributed by atoms with Crippen LogP contribution in [0.25, 0.3) is 11.3 Å². The van der Waals surface area contributed by atoms with E-state index in [0.29, 0.717) is 17.3 Å². The van der Waals surface area contributed by atoms with Gasteiger partial charge in [0, 0.05) is 23.0 Å². The highest BCUT2D eigenvalue weighted by atomic mass is 35.5. The van der Waals surface area contributed by atoms with Crippen molar-refractivity contribution in [3.8, 4) is 11.3 Å². The maximum atomic E-state index is 9.45. The highest BCUT2D eigenvalue weighted by molar-refractivity contribution is 6.31. The molecule has 0 aliphatic rings. The van der Waals surface area contributed by atoms with Crippen LogP contribution in [0.4, 0.5) is 0 Å². The summed E-state index contributed by atoms with van der Waals surface area (Å²) in [5.41, 5.74) is 3.08. The summed E-state index contributed by atoms with van der Waals surface area (Å²) in [5.74, 6) is 0. The van der Waals surface area contributed by atoms with Crippen molar-refractivity contribution in [3.05, 3.63) is 65.1 Å². The van der Waals surface area contributed by atoms with Crippen LogP contribution in [0.3, 0.4) is 0 Å². The van der Waals surface area contributed by atoms with E-state index in [2.05, 4.69) is 15.3 Å². The molecule has 3 rings (SSSR count). The quantitative estimate of drug-likeness (QED) is 0.804. The second-order valence-corrected chi connectivity index (χ2v) is 4.94. The van der Waals surface area contributed by atoms with Gasteiger partial charge in [0.1, 0.15) is 5.69 Å². The molecule has 2 heterocycles. The third-order valence-electron chi connectivity index (χ3n) is 3.17. The number of rotatable bonds is 4. The van der Waals surface area contributed by atoms with Crippen molar-refractivity contribution in [2.75, 3.05) is 0 Å². The van der Waals surface area contributed by atoms with Gasteiger partial charge in [-0.3, -0.25) is 4.98 Å². The molecule has 5 nitrogen and oxygen atoms in total. The molecule has 0 saturated carbocycles. The van der Waals surface area contributed by atoms with Crippen LogP contribution in [0.15, 0.2) is 48.8 Å². The lowest BCUT2D eigenvalue weighted by atomic mass is 10.1. The largest absolute Gasteiger partial charge is 0.390 e. The third-order valence-corrected chi connectivity index (χ3v) is 3.54. The first-order chi connectivity index (χ1) is 10.3. The lowest BCUT2D eigenvalue weighted by molar-refractivity contribution is 0.277. The monoisotopic (exact) mass is 300 g/mol. The molecule has 0 saturated heterocycles. The molecule has 0 aliphatic carbocycles. The molecule has 0 unspecified atom stereocenters. The van der Waals surface area contributed by atoms with Crippen molar-refractivity contribution in [2.45, 2.75) is 13.2 Å². The molecule has 106 valence electrons. The van der Waals surface area contributed by atoms with E-state index in [9.17, 15) is 5.11 Å². The van der Waals surface area contributed by atoms with Crippen LogP contribution in [0.2, 0.25) is 5.02 Å². The Labute approximate surface area is 126 Å². The van der Waals surface area contributed by atoms with Gasteiger partial charge in [0.2, 0.25) is 0 Å². The van der Waals surface area contributed by atoms with Gasteiger partial charge in [-0.15, -0.1) is 5.10 Å². The number of hydrogen-bond donors (Lipinski definition) is 1. The Kier molecular flexibility index (Phi) is 3.94. The van der Waals surface area contributed by atoms with Gasteiger partial charge in [0.15, 0.2) is 0 Å². The minimum Gasteiger partial charge on any atom is -0.390 e. The number of pyridine rings is 1. The van der Waals surface area contributed by atoms with Gasteiger partial charge in [0.05, 0.1) is 18.8 Å². The molecule has 0 aliphatic heterocycles.